The number of hydrogen-bond acceptors (Lipinski definition) is 2. The molecule has 2 nitrogen and oxygen atoms in total. The van der Waals surface area contributed by atoms with Crippen LogP contribution in [0.5, 0.6) is 0 Å². The number of hydrogen-bond donors (Lipinski definition) is 2. The topological polar surface area (TPSA) is 24.1 Å². The maximum atomic E-state index is 3.57. The molecule has 0 heterocycles. The van der Waals surface area contributed by atoms with Crippen molar-refractivity contribution in [2.45, 2.75) is 39.7 Å². The summed E-state index contributed by atoms with van der Waals surface area (Å²) >= 11 is 0. The molecule has 78 valence electrons. The average molecular weight is 184 g/mol. The van der Waals surface area contributed by atoms with E-state index in [1.165, 1.54) is 19.4 Å². The molecule has 0 aromatic carbocycles. The molecule has 1 aliphatic carbocycles. The predicted molar refractivity (Wildman–Crippen MR) is 57.9 cm³/mol. The van der Waals surface area contributed by atoms with Gasteiger partial charge in [0.05, 0.1) is 0 Å². The van der Waals surface area contributed by atoms with E-state index in [0.717, 1.165) is 24.9 Å². The molecule has 1 rings (SSSR count). The molecular weight excluding hydrogens is 160 g/mol. The Hall–Kier alpha value is -0.0800. The van der Waals surface area contributed by atoms with Crippen molar-refractivity contribution in [2.75, 3.05) is 19.6 Å². The van der Waals surface area contributed by atoms with Gasteiger partial charge >= 0.3 is 0 Å². The Bertz CT molecular complexity index is 136. The van der Waals surface area contributed by atoms with E-state index < -0.39 is 0 Å². The lowest BCUT2D eigenvalue weighted by atomic mass is 10.3. The highest BCUT2D eigenvalue weighted by molar-refractivity contribution is 4.84. The Morgan fingerprint density at radius 3 is 2.69 bits per heavy atom. The van der Waals surface area contributed by atoms with Crippen LogP contribution in [0.1, 0.15) is 33.6 Å². The number of nitrogens with one attached hydrogen (secondary N) is 2. The second-order valence-corrected chi connectivity index (χ2v) is 4.49. The van der Waals surface area contributed by atoms with Gasteiger partial charge in [-0.3, -0.25) is 0 Å². The lowest BCUT2D eigenvalue weighted by Crippen LogP contribution is -2.37. The first-order chi connectivity index (χ1) is 6.24. The SMILES string of the molecule is CCCNCC(C)NCC1CC1C. The van der Waals surface area contributed by atoms with Crippen LogP contribution in [0.25, 0.3) is 0 Å². The minimum absolute atomic E-state index is 0.624. The van der Waals surface area contributed by atoms with E-state index in [0.29, 0.717) is 6.04 Å². The third-order valence-corrected chi connectivity index (χ3v) is 2.88. The molecule has 0 amide bonds. The summed E-state index contributed by atoms with van der Waals surface area (Å²) in [5, 5.41) is 7.00. The van der Waals surface area contributed by atoms with Crippen LogP contribution in [0.15, 0.2) is 0 Å². The van der Waals surface area contributed by atoms with E-state index >= 15 is 0 Å². The van der Waals surface area contributed by atoms with Crippen LogP contribution in [-0.4, -0.2) is 25.7 Å². The van der Waals surface area contributed by atoms with E-state index in [9.17, 15) is 0 Å². The summed E-state index contributed by atoms with van der Waals surface area (Å²) < 4.78 is 0. The van der Waals surface area contributed by atoms with E-state index in [1.807, 2.05) is 0 Å². The normalized spacial score (nSPS) is 28.8. The Morgan fingerprint density at radius 2 is 2.15 bits per heavy atom. The van der Waals surface area contributed by atoms with Crippen molar-refractivity contribution in [3.63, 3.8) is 0 Å². The van der Waals surface area contributed by atoms with Crippen LogP contribution in [0.3, 0.4) is 0 Å². The first-order valence-electron chi connectivity index (χ1n) is 5.68. The highest BCUT2D eigenvalue weighted by atomic mass is 15.0. The van der Waals surface area contributed by atoms with E-state index in [4.69, 9.17) is 0 Å². The van der Waals surface area contributed by atoms with Crippen LogP contribution in [0.2, 0.25) is 0 Å². The van der Waals surface area contributed by atoms with Crippen molar-refractivity contribution in [3.8, 4) is 0 Å². The van der Waals surface area contributed by atoms with Gasteiger partial charge in [0.15, 0.2) is 0 Å². The van der Waals surface area contributed by atoms with Gasteiger partial charge in [-0.1, -0.05) is 13.8 Å². The minimum atomic E-state index is 0.624. The zero-order valence-corrected chi connectivity index (χ0v) is 9.27. The lowest BCUT2D eigenvalue weighted by molar-refractivity contribution is 0.483. The largest absolute Gasteiger partial charge is 0.315 e. The molecule has 0 aromatic rings. The van der Waals surface area contributed by atoms with Crippen LogP contribution in [0, 0.1) is 11.8 Å². The first kappa shape index (κ1) is 11.0. The van der Waals surface area contributed by atoms with Crippen molar-refractivity contribution in [1.29, 1.82) is 0 Å². The summed E-state index contributed by atoms with van der Waals surface area (Å²) in [6.07, 6.45) is 2.66. The molecule has 3 unspecified atom stereocenters. The fourth-order valence-electron chi connectivity index (χ4n) is 1.60. The smallest absolute Gasteiger partial charge is 0.0164 e. The molecular formula is C11H24N2. The number of rotatable bonds is 7. The highest BCUT2D eigenvalue weighted by Crippen LogP contribution is 2.36. The van der Waals surface area contributed by atoms with Gasteiger partial charge in [-0.2, -0.15) is 0 Å². The molecule has 0 aliphatic heterocycles. The summed E-state index contributed by atoms with van der Waals surface area (Å²) in [6, 6.07) is 0.624. The molecule has 1 saturated carbocycles. The zero-order chi connectivity index (χ0) is 9.68. The Labute approximate surface area is 82.5 Å². The average Bonchev–Trinajstić information content (AvgIpc) is 2.79. The van der Waals surface area contributed by atoms with Gasteiger partial charge < -0.3 is 10.6 Å². The standard InChI is InChI=1S/C11H24N2/c1-4-5-12-7-10(3)13-8-11-6-9(11)2/h9-13H,4-8H2,1-3H3. The molecule has 0 saturated heterocycles. The third kappa shape index (κ3) is 4.63. The van der Waals surface area contributed by atoms with Gasteiger partial charge in [-0.15, -0.1) is 0 Å². The monoisotopic (exact) mass is 184 g/mol. The van der Waals surface area contributed by atoms with Crippen molar-refractivity contribution < 1.29 is 0 Å². The quantitative estimate of drug-likeness (QED) is 0.588. The van der Waals surface area contributed by atoms with Crippen LogP contribution in [-0.2, 0) is 0 Å². The highest BCUT2D eigenvalue weighted by Gasteiger charge is 2.31. The minimum Gasteiger partial charge on any atom is -0.315 e. The van der Waals surface area contributed by atoms with Crippen molar-refractivity contribution >= 4 is 0 Å². The van der Waals surface area contributed by atoms with Crippen LogP contribution in [0.4, 0.5) is 0 Å². The summed E-state index contributed by atoms with van der Waals surface area (Å²) in [5.74, 6) is 1.94. The summed E-state index contributed by atoms with van der Waals surface area (Å²) in [6.45, 7) is 10.3. The maximum Gasteiger partial charge on any atom is 0.0164 e. The molecule has 0 radical (unpaired) electrons. The van der Waals surface area contributed by atoms with Crippen molar-refractivity contribution in [1.82, 2.24) is 10.6 Å². The molecule has 2 heteroatoms. The fourth-order valence-corrected chi connectivity index (χ4v) is 1.60. The first-order valence-corrected chi connectivity index (χ1v) is 5.68. The molecule has 0 spiro atoms. The van der Waals surface area contributed by atoms with Crippen LogP contribution < -0.4 is 10.6 Å². The van der Waals surface area contributed by atoms with Gasteiger partial charge in [0, 0.05) is 12.6 Å². The second kappa shape index (κ2) is 5.61. The van der Waals surface area contributed by atoms with E-state index in [-0.39, 0.29) is 0 Å². The van der Waals surface area contributed by atoms with Crippen molar-refractivity contribution in [3.05, 3.63) is 0 Å². The molecule has 13 heavy (non-hydrogen) atoms. The molecule has 0 bridgehead atoms. The van der Waals surface area contributed by atoms with Gasteiger partial charge in [0.1, 0.15) is 0 Å². The second-order valence-electron chi connectivity index (χ2n) is 4.49. The maximum absolute atomic E-state index is 3.57. The van der Waals surface area contributed by atoms with E-state index in [1.54, 1.807) is 0 Å². The van der Waals surface area contributed by atoms with Crippen LogP contribution >= 0.6 is 0 Å². The molecule has 2 N–H and O–H groups in total. The Balaban J connectivity index is 1.88. The molecule has 1 aliphatic rings. The Morgan fingerprint density at radius 1 is 1.46 bits per heavy atom. The van der Waals surface area contributed by atoms with E-state index in [2.05, 4.69) is 31.4 Å². The van der Waals surface area contributed by atoms with Gasteiger partial charge in [-0.25, -0.2) is 0 Å². The predicted octanol–water partition coefficient (Wildman–Crippen LogP) is 1.62. The van der Waals surface area contributed by atoms with Crippen molar-refractivity contribution in [2.24, 2.45) is 11.8 Å². The lowest BCUT2D eigenvalue weighted by Gasteiger charge is -2.14. The summed E-state index contributed by atoms with van der Waals surface area (Å²) in [5.41, 5.74) is 0. The van der Waals surface area contributed by atoms with Gasteiger partial charge in [-0.05, 0) is 44.7 Å². The molecule has 0 aromatic heterocycles. The Kier molecular flexibility index (Phi) is 4.74. The summed E-state index contributed by atoms with van der Waals surface area (Å²) in [4.78, 5) is 0. The third-order valence-electron chi connectivity index (χ3n) is 2.88. The fraction of sp³-hybridized carbons (Fsp3) is 1.00. The van der Waals surface area contributed by atoms with Gasteiger partial charge in [0.2, 0.25) is 0 Å². The zero-order valence-electron chi connectivity index (χ0n) is 9.27. The molecule has 1 fully saturated rings. The molecule has 3 atom stereocenters. The van der Waals surface area contributed by atoms with Gasteiger partial charge in [0.25, 0.3) is 0 Å². The summed E-state index contributed by atoms with van der Waals surface area (Å²) in [7, 11) is 0.